The van der Waals surface area contributed by atoms with E-state index in [0.29, 0.717) is 5.02 Å². The zero-order valence-electron chi connectivity index (χ0n) is 8.85. The van der Waals surface area contributed by atoms with E-state index in [1.165, 1.54) is 6.07 Å². The number of carboxylic acid groups (broad SMARTS) is 1. The molecule has 3 nitrogen and oxygen atoms in total. The molecule has 0 fully saturated rings. The summed E-state index contributed by atoms with van der Waals surface area (Å²) in [6.07, 6.45) is 0. The fraction of sp³-hybridized carbons (Fsp3) is 0. The first-order valence-electron chi connectivity index (χ1n) is 4.96. The third kappa shape index (κ3) is 2.40. The first kappa shape index (κ1) is 11.5. The molecule has 0 amide bonds. The van der Waals surface area contributed by atoms with Gasteiger partial charge in [-0.3, -0.25) is 0 Å². The number of nitrogens with two attached hydrogens (primary N) is 1. The van der Waals surface area contributed by atoms with Crippen molar-refractivity contribution in [2.75, 3.05) is 5.73 Å². The third-order valence-electron chi connectivity index (χ3n) is 2.46. The summed E-state index contributed by atoms with van der Waals surface area (Å²) in [5, 5.41) is 9.52. The largest absolute Gasteiger partial charge is 0.478 e. The first-order valence-corrected chi connectivity index (χ1v) is 5.34. The Morgan fingerprint density at radius 3 is 2.18 bits per heavy atom. The highest BCUT2D eigenvalue weighted by molar-refractivity contribution is 6.30. The number of anilines is 1. The molecule has 0 aliphatic rings. The lowest BCUT2D eigenvalue weighted by Gasteiger charge is -2.05. The van der Waals surface area contributed by atoms with E-state index < -0.39 is 5.97 Å². The van der Waals surface area contributed by atoms with E-state index in [9.17, 15) is 4.79 Å². The minimum absolute atomic E-state index is 0.114. The lowest BCUT2D eigenvalue weighted by atomic mass is 10.0. The van der Waals surface area contributed by atoms with Crippen molar-refractivity contribution in [3.05, 3.63) is 53.1 Å². The van der Waals surface area contributed by atoms with Crippen LogP contribution >= 0.6 is 11.6 Å². The molecule has 0 aliphatic heterocycles. The van der Waals surface area contributed by atoms with Crippen LogP contribution in [0.1, 0.15) is 10.4 Å². The van der Waals surface area contributed by atoms with Crippen molar-refractivity contribution in [3.63, 3.8) is 0 Å². The third-order valence-corrected chi connectivity index (χ3v) is 2.71. The molecular formula is C13H10ClNO2. The second kappa shape index (κ2) is 4.47. The Hall–Kier alpha value is -2.00. The van der Waals surface area contributed by atoms with Crippen molar-refractivity contribution in [1.82, 2.24) is 0 Å². The van der Waals surface area contributed by atoms with Crippen LogP contribution in [0.4, 0.5) is 5.69 Å². The molecule has 0 saturated carbocycles. The SMILES string of the molecule is Nc1cc(-c2ccc(Cl)cc2)ccc1C(=O)O. The summed E-state index contributed by atoms with van der Waals surface area (Å²) in [5.74, 6) is -1.02. The van der Waals surface area contributed by atoms with Gasteiger partial charge in [0.25, 0.3) is 0 Å². The monoisotopic (exact) mass is 247 g/mol. The fourth-order valence-electron chi connectivity index (χ4n) is 1.58. The molecule has 0 atom stereocenters. The summed E-state index contributed by atoms with van der Waals surface area (Å²) < 4.78 is 0. The van der Waals surface area contributed by atoms with Gasteiger partial charge in [-0.25, -0.2) is 4.79 Å². The van der Waals surface area contributed by atoms with Crippen molar-refractivity contribution >= 4 is 23.3 Å². The molecule has 0 radical (unpaired) electrons. The minimum atomic E-state index is -1.02. The van der Waals surface area contributed by atoms with E-state index in [-0.39, 0.29) is 11.3 Å². The van der Waals surface area contributed by atoms with E-state index >= 15 is 0 Å². The first-order chi connectivity index (χ1) is 8.08. The van der Waals surface area contributed by atoms with Crippen LogP contribution in [0.5, 0.6) is 0 Å². The molecule has 0 spiro atoms. The van der Waals surface area contributed by atoms with E-state index in [2.05, 4.69) is 0 Å². The predicted octanol–water partition coefficient (Wildman–Crippen LogP) is 3.29. The Kier molecular flexibility index (Phi) is 3.02. The normalized spacial score (nSPS) is 10.2. The maximum Gasteiger partial charge on any atom is 0.337 e. The van der Waals surface area contributed by atoms with Crippen LogP contribution in [0.3, 0.4) is 0 Å². The van der Waals surface area contributed by atoms with Crippen molar-refractivity contribution < 1.29 is 9.90 Å². The van der Waals surface area contributed by atoms with E-state index in [1.54, 1.807) is 24.3 Å². The molecule has 4 heteroatoms. The van der Waals surface area contributed by atoms with Gasteiger partial charge in [-0.1, -0.05) is 29.8 Å². The molecule has 0 aliphatic carbocycles. The summed E-state index contributed by atoms with van der Waals surface area (Å²) in [6.45, 7) is 0. The van der Waals surface area contributed by atoms with Gasteiger partial charge in [0.1, 0.15) is 0 Å². The average molecular weight is 248 g/mol. The highest BCUT2D eigenvalue weighted by Gasteiger charge is 2.08. The Morgan fingerprint density at radius 2 is 1.65 bits per heavy atom. The molecule has 86 valence electrons. The van der Waals surface area contributed by atoms with Crippen LogP contribution in [-0.4, -0.2) is 11.1 Å². The predicted molar refractivity (Wildman–Crippen MR) is 68.3 cm³/mol. The molecule has 2 aromatic rings. The highest BCUT2D eigenvalue weighted by atomic mass is 35.5. The van der Waals surface area contributed by atoms with Crippen molar-refractivity contribution in [1.29, 1.82) is 0 Å². The van der Waals surface area contributed by atoms with Gasteiger partial charge in [-0.05, 0) is 35.4 Å². The number of nitrogen functional groups attached to an aromatic ring is 1. The Labute approximate surface area is 103 Å². The van der Waals surface area contributed by atoms with Crippen molar-refractivity contribution in [2.45, 2.75) is 0 Å². The number of hydrogen-bond donors (Lipinski definition) is 2. The standard InChI is InChI=1S/C13H10ClNO2/c14-10-4-1-8(2-5-10)9-3-6-11(13(16)17)12(15)7-9/h1-7H,15H2,(H,16,17). The lowest BCUT2D eigenvalue weighted by molar-refractivity contribution is 0.0698. The molecule has 0 heterocycles. The van der Waals surface area contributed by atoms with Crippen LogP contribution < -0.4 is 5.73 Å². The van der Waals surface area contributed by atoms with Crippen LogP contribution in [0.2, 0.25) is 5.02 Å². The van der Waals surface area contributed by atoms with Crippen LogP contribution in [0.15, 0.2) is 42.5 Å². The van der Waals surface area contributed by atoms with Gasteiger partial charge in [-0.2, -0.15) is 0 Å². The van der Waals surface area contributed by atoms with Crippen LogP contribution in [0, 0.1) is 0 Å². The van der Waals surface area contributed by atoms with Gasteiger partial charge >= 0.3 is 5.97 Å². The second-order valence-electron chi connectivity index (χ2n) is 3.61. The summed E-state index contributed by atoms with van der Waals surface area (Å²) in [6, 6.07) is 12.1. The number of rotatable bonds is 2. The Morgan fingerprint density at radius 1 is 1.06 bits per heavy atom. The smallest absolute Gasteiger partial charge is 0.337 e. The molecular weight excluding hydrogens is 238 g/mol. The zero-order valence-corrected chi connectivity index (χ0v) is 9.61. The molecule has 0 bridgehead atoms. The lowest BCUT2D eigenvalue weighted by Crippen LogP contribution is -2.01. The summed E-state index contributed by atoms with van der Waals surface area (Å²) in [4.78, 5) is 10.8. The van der Waals surface area contributed by atoms with Crippen molar-refractivity contribution in [3.8, 4) is 11.1 Å². The minimum Gasteiger partial charge on any atom is -0.478 e. The molecule has 0 unspecified atom stereocenters. The number of halogens is 1. The topological polar surface area (TPSA) is 63.3 Å². The van der Waals surface area contributed by atoms with E-state index in [4.69, 9.17) is 22.4 Å². The number of benzene rings is 2. The highest BCUT2D eigenvalue weighted by Crippen LogP contribution is 2.25. The summed E-state index contributed by atoms with van der Waals surface area (Å²) in [7, 11) is 0. The summed E-state index contributed by atoms with van der Waals surface area (Å²) in [5.41, 5.74) is 7.86. The van der Waals surface area contributed by atoms with Gasteiger partial charge in [0.2, 0.25) is 0 Å². The number of aromatic carboxylic acids is 1. The van der Waals surface area contributed by atoms with Crippen LogP contribution in [0.25, 0.3) is 11.1 Å². The fourth-order valence-corrected chi connectivity index (χ4v) is 1.71. The number of carbonyl (C=O) groups is 1. The summed E-state index contributed by atoms with van der Waals surface area (Å²) >= 11 is 5.79. The molecule has 17 heavy (non-hydrogen) atoms. The van der Waals surface area contributed by atoms with Gasteiger partial charge in [-0.15, -0.1) is 0 Å². The molecule has 2 aromatic carbocycles. The maximum atomic E-state index is 10.8. The van der Waals surface area contributed by atoms with Gasteiger partial charge in [0.05, 0.1) is 5.56 Å². The molecule has 0 aromatic heterocycles. The average Bonchev–Trinajstić information content (AvgIpc) is 2.29. The molecule has 2 rings (SSSR count). The van der Waals surface area contributed by atoms with Crippen LogP contribution in [-0.2, 0) is 0 Å². The van der Waals surface area contributed by atoms with Gasteiger partial charge in [0.15, 0.2) is 0 Å². The molecule has 0 saturated heterocycles. The van der Waals surface area contributed by atoms with E-state index in [1.807, 2.05) is 12.1 Å². The molecule has 3 N–H and O–H groups in total. The number of hydrogen-bond acceptors (Lipinski definition) is 2. The Bertz CT molecular complexity index is 564. The second-order valence-corrected chi connectivity index (χ2v) is 4.05. The maximum absolute atomic E-state index is 10.8. The zero-order chi connectivity index (χ0) is 12.4. The van der Waals surface area contributed by atoms with Gasteiger partial charge in [0, 0.05) is 10.7 Å². The van der Waals surface area contributed by atoms with Crippen molar-refractivity contribution in [2.24, 2.45) is 0 Å². The Balaban J connectivity index is 2.44. The van der Waals surface area contributed by atoms with Gasteiger partial charge < -0.3 is 10.8 Å². The quantitative estimate of drug-likeness (QED) is 0.801. The van der Waals surface area contributed by atoms with E-state index in [0.717, 1.165) is 11.1 Å². The number of carboxylic acids is 1.